The van der Waals surface area contributed by atoms with Crippen LogP contribution in [0.5, 0.6) is 0 Å². The lowest BCUT2D eigenvalue weighted by atomic mass is 10.1. The largest absolute Gasteiger partial charge is 0.339 e. The van der Waals surface area contributed by atoms with Gasteiger partial charge in [0.05, 0.1) is 23.3 Å². The standard InChI is InChI=1S/C20H23N3O5S/c1-22(28-2)29(26,27)16-11-9-15(10-12-16)19(24)21-18-8-4-3-7-17(18)20(25)23-13-5-6-14-23/h3-4,7-12H,5-6,13-14H2,1-2H3,(H,21,24). The highest BCUT2D eigenvalue weighted by atomic mass is 32.2. The lowest BCUT2D eigenvalue weighted by Gasteiger charge is -2.18. The van der Waals surface area contributed by atoms with Crippen molar-refractivity contribution in [1.82, 2.24) is 9.37 Å². The van der Waals surface area contributed by atoms with Gasteiger partial charge in [-0.2, -0.15) is 0 Å². The fraction of sp³-hybridized carbons (Fsp3) is 0.300. The summed E-state index contributed by atoms with van der Waals surface area (Å²) >= 11 is 0. The molecule has 0 unspecified atom stereocenters. The van der Waals surface area contributed by atoms with Crippen LogP contribution in [0, 0.1) is 0 Å². The lowest BCUT2D eigenvalue weighted by molar-refractivity contribution is -0.0258. The van der Waals surface area contributed by atoms with Gasteiger partial charge in [-0.3, -0.25) is 14.4 Å². The van der Waals surface area contributed by atoms with Gasteiger partial charge in [0.1, 0.15) is 0 Å². The van der Waals surface area contributed by atoms with Crippen molar-refractivity contribution in [2.24, 2.45) is 0 Å². The lowest BCUT2D eigenvalue weighted by Crippen LogP contribution is -2.28. The highest BCUT2D eigenvalue weighted by Gasteiger charge is 2.23. The molecule has 0 bridgehead atoms. The number of hydrogen-bond acceptors (Lipinski definition) is 5. The first-order valence-corrected chi connectivity index (χ1v) is 10.6. The number of benzene rings is 2. The predicted octanol–water partition coefficient (Wildman–Crippen LogP) is 2.36. The summed E-state index contributed by atoms with van der Waals surface area (Å²) in [6.45, 7) is 1.43. The van der Waals surface area contributed by atoms with Gasteiger partial charge in [0.2, 0.25) is 0 Å². The number of sulfonamides is 1. The molecular formula is C20H23N3O5S. The highest BCUT2D eigenvalue weighted by molar-refractivity contribution is 7.89. The number of carbonyl (C=O) groups is 2. The fourth-order valence-electron chi connectivity index (χ4n) is 3.09. The number of anilines is 1. The molecule has 1 N–H and O–H groups in total. The topological polar surface area (TPSA) is 96.0 Å². The Morgan fingerprint density at radius 3 is 2.28 bits per heavy atom. The molecule has 0 atom stereocenters. The number of hydroxylamine groups is 1. The summed E-state index contributed by atoms with van der Waals surface area (Å²) in [4.78, 5) is 31.9. The molecule has 1 aliphatic rings. The van der Waals surface area contributed by atoms with Gasteiger partial charge < -0.3 is 10.2 Å². The molecule has 1 aliphatic heterocycles. The van der Waals surface area contributed by atoms with Crippen LogP contribution in [0.25, 0.3) is 0 Å². The Labute approximate surface area is 170 Å². The Kier molecular flexibility index (Phi) is 6.31. The number of rotatable bonds is 6. The maximum atomic E-state index is 12.7. The molecule has 8 nitrogen and oxygen atoms in total. The zero-order valence-corrected chi connectivity index (χ0v) is 17.1. The number of carbonyl (C=O) groups excluding carboxylic acids is 2. The van der Waals surface area contributed by atoms with Gasteiger partial charge in [-0.15, -0.1) is 0 Å². The molecule has 1 heterocycles. The molecule has 0 aliphatic carbocycles. The quantitative estimate of drug-likeness (QED) is 0.728. The van der Waals surface area contributed by atoms with Gasteiger partial charge in [0, 0.05) is 25.7 Å². The van der Waals surface area contributed by atoms with Crippen LogP contribution < -0.4 is 5.32 Å². The third kappa shape index (κ3) is 4.47. The van der Waals surface area contributed by atoms with Crippen molar-refractivity contribution in [2.45, 2.75) is 17.7 Å². The average Bonchev–Trinajstić information content (AvgIpc) is 3.28. The van der Waals surface area contributed by atoms with Gasteiger partial charge in [-0.05, 0) is 49.2 Å². The molecule has 0 spiro atoms. The van der Waals surface area contributed by atoms with Gasteiger partial charge in [0.15, 0.2) is 0 Å². The third-order valence-corrected chi connectivity index (χ3v) is 6.50. The van der Waals surface area contributed by atoms with Crippen molar-refractivity contribution in [3.8, 4) is 0 Å². The third-order valence-electron chi connectivity index (χ3n) is 4.81. The molecule has 1 saturated heterocycles. The summed E-state index contributed by atoms with van der Waals surface area (Å²) in [7, 11) is -1.26. The van der Waals surface area contributed by atoms with Crippen molar-refractivity contribution < 1.29 is 22.8 Å². The fourth-order valence-corrected chi connectivity index (χ4v) is 4.06. The van der Waals surface area contributed by atoms with E-state index in [0.29, 0.717) is 24.3 Å². The molecule has 9 heteroatoms. The maximum Gasteiger partial charge on any atom is 0.264 e. The Bertz CT molecular complexity index is 999. The van der Waals surface area contributed by atoms with E-state index >= 15 is 0 Å². The zero-order chi connectivity index (χ0) is 21.0. The first-order valence-electron chi connectivity index (χ1n) is 9.17. The molecule has 2 amide bonds. The predicted molar refractivity (Wildman–Crippen MR) is 108 cm³/mol. The molecule has 154 valence electrons. The van der Waals surface area contributed by atoms with Crippen LogP contribution >= 0.6 is 0 Å². The summed E-state index contributed by atoms with van der Waals surface area (Å²) in [5, 5.41) is 2.75. The van der Waals surface area contributed by atoms with Gasteiger partial charge >= 0.3 is 0 Å². The van der Waals surface area contributed by atoms with Crippen molar-refractivity contribution in [3.05, 3.63) is 59.7 Å². The smallest absolute Gasteiger partial charge is 0.264 e. The summed E-state index contributed by atoms with van der Waals surface area (Å²) in [5.74, 6) is -0.543. The van der Waals surface area contributed by atoms with Crippen LogP contribution in [-0.4, -0.2) is 56.8 Å². The number of nitrogens with zero attached hydrogens (tertiary/aromatic N) is 2. The second-order valence-corrected chi connectivity index (χ2v) is 8.56. The minimum absolute atomic E-state index is 0.00279. The van der Waals surface area contributed by atoms with Crippen LogP contribution in [0.4, 0.5) is 5.69 Å². The number of para-hydroxylation sites is 1. The van der Waals surface area contributed by atoms with E-state index in [-0.39, 0.29) is 16.4 Å². The minimum Gasteiger partial charge on any atom is -0.339 e. The molecule has 3 rings (SSSR count). The number of nitrogens with one attached hydrogen (secondary N) is 1. The van der Waals surface area contributed by atoms with Crippen molar-refractivity contribution in [3.63, 3.8) is 0 Å². The molecule has 1 fully saturated rings. The van der Waals surface area contributed by atoms with E-state index in [4.69, 9.17) is 4.84 Å². The SMILES string of the molecule is CON(C)S(=O)(=O)c1ccc(C(=O)Nc2ccccc2C(=O)N2CCCC2)cc1. The number of hydrogen-bond donors (Lipinski definition) is 1. The second-order valence-electron chi connectivity index (χ2n) is 6.62. The average molecular weight is 417 g/mol. The van der Waals surface area contributed by atoms with E-state index in [1.807, 2.05) is 0 Å². The zero-order valence-electron chi connectivity index (χ0n) is 16.3. The minimum atomic E-state index is -3.79. The van der Waals surface area contributed by atoms with E-state index in [1.54, 1.807) is 29.2 Å². The van der Waals surface area contributed by atoms with Crippen molar-refractivity contribution in [2.75, 3.05) is 32.6 Å². The van der Waals surface area contributed by atoms with Crippen molar-refractivity contribution >= 4 is 27.5 Å². The van der Waals surface area contributed by atoms with Crippen LogP contribution in [0.2, 0.25) is 0 Å². The molecule has 0 radical (unpaired) electrons. The van der Waals surface area contributed by atoms with Crippen LogP contribution in [0.1, 0.15) is 33.6 Å². The van der Waals surface area contributed by atoms with E-state index in [0.717, 1.165) is 17.3 Å². The summed E-state index contributed by atoms with van der Waals surface area (Å²) < 4.78 is 25.2. The van der Waals surface area contributed by atoms with Gasteiger partial charge in [-0.25, -0.2) is 8.42 Å². The highest BCUT2D eigenvalue weighted by Crippen LogP contribution is 2.21. The van der Waals surface area contributed by atoms with Crippen LogP contribution in [-0.2, 0) is 14.9 Å². The molecular weight excluding hydrogens is 394 g/mol. The van der Waals surface area contributed by atoms with Gasteiger partial charge in [0.25, 0.3) is 21.8 Å². The van der Waals surface area contributed by atoms with E-state index in [9.17, 15) is 18.0 Å². The monoisotopic (exact) mass is 417 g/mol. The summed E-state index contributed by atoms with van der Waals surface area (Å²) in [6.07, 6.45) is 1.96. The van der Waals surface area contributed by atoms with E-state index < -0.39 is 15.9 Å². The molecule has 2 aromatic carbocycles. The molecule has 0 aromatic heterocycles. The van der Waals surface area contributed by atoms with Crippen LogP contribution in [0.3, 0.4) is 0 Å². The van der Waals surface area contributed by atoms with Crippen LogP contribution in [0.15, 0.2) is 53.4 Å². The normalized spacial score (nSPS) is 14.2. The Morgan fingerprint density at radius 2 is 1.66 bits per heavy atom. The maximum absolute atomic E-state index is 12.7. The summed E-state index contributed by atoms with van der Waals surface area (Å²) in [6, 6.07) is 12.4. The van der Waals surface area contributed by atoms with Gasteiger partial charge in [-0.1, -0.05) is 16.6 Å². The first kappa shape index (κ1) is 21.0. The molecule has 2 aromatic rings. The molecule has 0 saturated carbocycles. The number of likely N-dealkylation sites (tertiary alicyclic amines) is 1. The Balaban J connectivity index is 1.78. The Morgan fingerprint density at radius 1 is 1.03 bits per heavy atom. The van der Waals surface area contributed by atoms with E-state index in [1.165, 1.54) is 38.4 Å². The first-order chi connectivity index (χ1) is 13.8. The summed E-state index contributed by atoms with van der Waals surface area (Å²) in [5.41, 5.74) is 1.13. The Hall–Kier alpha value is -2.75. The number of amides is 2. The second kappa shape index (κ2) is 8.73. The molecule has 29 heavy (non-hydrogen) atoms. The van der Waals surface area contributed by atoms with Crippen molar-refractivity contribution in [1.29, 1.82) is 0 Å². The van der Waals surface area contributed by atoms with E-state index in [2.05, 4.69) is 5.32 Å².